The standard InChI is InChI=1S/C18H15N7O3/c26-16(20-12-4-3-5-13(10-12)25-11-19-22-23-25)8-9-24-18(28)15-7-2-1-6-14(15)17(27)21-24/h1-7,10-11H,8-9H2,(H,20,26)(H,21,27). The summed E-state index contributed by atoms with van der Waals surface area (Å²) in [5.74, 6) is -0.297. The molecule has 0 unspecified atom stereocenters. The third-order valence-corrected chi connectivity index (χ3v) is 4.19. The van der Waals surface area contributed by atoms with Crippen molar-refractivity contribution in [3.63, 3.8) is 0 Å². The van der Waals surface area contributed by atoms with E-state index < -0.39 is 0 Å². The van der Waals surface area contributed by atoms with E-state index in [4.69, 9.17) is 0 Å². The van der Waals surface area contributed by atoms with Gasteiger partial charge in [-0.05, 0) is 40.8 Å². The Morgan fingerprint density at radius 3 is 2.68 bits per heavy atom. The summed E-state index contributed by atoms with van der Waals surface area (Å²) in [5, 5.41) is 16.9. The summed E-state index contributed by atoms with van der Waals surface area (Å²) in [6.07, 6.45) is 1.46. The maximum atomic E-state index is 12.5. The number of anilines is 1. The minimum Gasteiger partial charge on any atom is -0.326 e. The van der Waals surface area contributed by atoms with Crippen molar-refractivity contribution < 1.29 is 4.79 Å². The van der Waals surface area contributed by atoms with E-state index in [9.17, 15) is 14.4 Å². The lowest BCUT2D eigenvalue weighted by molar-refractivity contribution is -0.116. The second-order valence-electron chi connectivity index (χ2n) is 6.05. The number of aromatic amines is 1. The fraction of sp³-hybridized carbons (Fsp3) is 0.111. The van der Waals surface area contributed by atoms with Gasteiger partial charge in [-0.3, -0.25) is 19.5 Å². The van der Waals surface area contributed by atoms with Crippen LogP contribution in [0.25, 0.3) is 16.5 Å². The first-order valence-electron chi connectivity index (χ1n) is 8.47. The molecule has 0 aliphatic heterocycles. The average Bonchev–Trinajstić information content (AvgIpc) is 3.25. The smallest absolute Gasteiger partial charge is 0.273 e. The summed E-state index contributed by atoms with van der Waals surface area (Å²) >= 11 is 0. The van der Waals surface area contributed by atoms with Crippen LogP contribution in [0.3, 0.4) is 0 Å². The molecule has 0 aliphatic carbocycles. The first kappa shape index (κ1) is 17.3. The number of benzene rings is 2. The number of hydrogen-bond donors (Lipinski definition) is 2. The van der Waals surface area contributed by atoms with Gasteiger partial charge >= 0.3 is 0 Å². The van der Waals surface area contributed by atoms with Crippen molar-refractivity contribution in [3.05, 3.63) is 75.6 Å². The molecule has 0 bridgehead atoms. The monoisotopic (exact) mass is 377 g/mol. The van der Waals surface area contributed by atoms with Crippen LogP contribution in [-0.2, 0) is 11.3 Å². The number of rotatable bonds is 5. The molecule has 0 saturated heterocycles. The molecular formula is C18H15N7O3. The lowest BCUT2D eigenvalue weighted by Crippen LogP contribution is -2.31. The fourth-order valence-corrected chi connectivity index (χ4v) is 2.85. The van der Waals surface area contributed by atoms with Gasteiger partial charge in [0.1, 0.15) is 6.33 Å². The zero-order chi connectivity index (χ0) is 19.5. The van der Waals surface area contributed by atoms with Crippen LogP contribution in [0.4, 0.5) is 5.69 Å². The number of aryl methyl sites for hydroxylation is 1. The number of tetrazole rings is 1. The summed E-state index contributed by atoms with van der Waals surface area (Å²) in [4.78, 5) is 36.8. The van der Waals surface area contributed by atoms with Crippen molar-refractivity contribution in [2.24, 2.45) is 0 Å². The van der Waals surface area contributed by atoms with Crippen LogP contribution in [0.5, 0.6) is 0 Å². The predicted molar refractivity (Wildman–Crippen MR) is 101 cm³/mol. The van der Waals surface area contributed by atoms with Crippen molar-refractivity contribution in [1.29, 1.82) is 0 Å². The number of carbonyl (C=O) groups excluding carboxylic acids is 1. The fourth-order valence-electron chi connectivity index (χ4n) is 2.85. The van der Waals surface area contributed by atoms with E-state index in [1.165, 1.54) is 11.0 Å². The van der Waals surface area contributed by atoms with E-state index in [0.29, 0.717) is 22.1 Å². The van der Waals surface area contributed by atoms with Crippen molar-refractivity contribution in [2.75, 3.05) is 5.32 Å². The molecule has 4 aromatic rings. The maximum absolute atomic E-state index is 12.5. The molecule has 0 saturated carbocycles. The Morgan fingerprint density at radius 2 is 1.89 bits per heavy atom. The zero-order valence-corrected chi connectivity index (χ0v) is 14.6. The molecule has 0 atom stereocenters. The molecule has 0 radical (unpaired) electrons. The largest absolute Gasteiger partial charge is 0.326 e. The number of aromatic nitrogens is 6. The van der Waals surface area contributed by atoms with Gasteiger partial charge in [0.2, 0.25) is 5.91 Å². The van der Waals surface area contributed by atoms with Gasteiger partial charge in [-0.2, -0.15) is 0 Å². The molecule has 0 spiro atoms. The number of amides is 1. The molecule has 28 heavy (non-hydrogen) atoms. The molecule has 0 aliphatic rings. The highest BCUT2D eigenvalue weighted by molar-refractivity contribution is 5.91. The van der Waals surface area contributed by atoms with E-state index in [2.05, 4.69) is 25.9 Å². The Hall–Kier alpha value is -4.08. The summed E-state index contributed by atoms with van der Waals surface area (Å²) in [6, 6.07) is 13.6. The molecule has 10 nitrogen and oxygen atoms in total. The van der Waals surface area contributed by atoms with Crippen molar-refractivity contribution in [3.8, 4) is 5.69 Å². The molecule has 10 heteroatoms. The van der Waals surface area contributed by atoms with E-state index in [1.54, 1.807) is 48.5 Å². The summed E-state index contributed by atoms with van der Waals surface area (Å²) in [6.45, 7) is 0.0530. The molecule has 1 amide bonds. The van der Waals surface area contributed by atoms with Gasteiger partial charge in [-0.1, -0.05) is 18.2 Å². The summed E-state index contributed by atoms with van der Waals surface area (Å²) < 4.78 is 2.62. The van der Waals surface area contributed by atoms with Gasteiger partial charge in [0.25, 0.3) is 11.1 Å². The van der Waals surface area contributed by atoms with Crippen LogP contribution in [0.15, 0.2) is 64.4 Å². The number of fused-ring (bicyclic) bond motifs is 1. The quantitative estimate of drug-likeness (QED) is 0.527. The van der Waals surface area contributed by atoms with E-state index >= 15 is 0 Å². The van der Waals surface area contributed by atoms with Crippen molar-refractivity contribution >= 4 is 22.4 Å². The number of carbonyl (C=O) groups is 1. The van der Waals surface area contributed by atoms with Crippen molar-refractivity contribution in [1.82, 2.24) is 30.0 Å². The normalized spacial score (nSPS) is 10.9. The molecule has 2 aromatic carbocycles. The highest BCUT2D eigenvalue weighted by atomic mass is 16.2. The SMILES string of the molecule is O=C(CCn1[nH]c(=O)c2ccccc2c1=O)Nc1cccc(-n2cnnn2)c1. The van der Waals surface area contributed by atoms with Gasteiger partial charge < -0.3 is 5.32 Å². The van der Waals surface area contributed by atoms with Gasteiger partial charge in [0.15, 0.2) is 0 Å². The molecule has 2 heterocycles. The zero-order valence-electron chi connectivity index (χ0n) is 14.6. The third-order valence-electron chi connectivity index (χ3n) is 4.19. The number of nitrogens with zero attached hydrogens (tertiary/aromatic N) is 5. The van der Waals surface area contributed by atoms with Gasteiger partial charge in [-0.25, -0.2) is 9.36 Å². The topological polar surface area (TPSA) is 128 Å². The number of H-pyrrole nitrogens is 1. The number of nitrogens with one attached hydrogen (secondary N) is 2. The average molecular weight is 377 g/mol. The number of hydrogen-bond acceptors (Lipinski definition) is 6. The van der Waals surface area contributed by atoms with Gasteiger partial charge in [0, 0.05) is 12.1 Å². The van der Waals surface area contributed by atoms with E-state index in [-0.39, 0.29) is 30.0 Å². The first-order valence-corrected chi connectivity index (χ1v) is 8.47. The van der Waals surface area contributed by atoms with Crippen LogP contribution in [-0.4, -0.2) is 35.9 Å². The molecule has 2 N–H and O–H groups in total. The predicted octanol–water partition coefficient (Wildman–Crippen LogP) is 0.694. The Balaban J connectivity index is 1.48. The van der Waals surface area contributed by atoms with Crippen LogP contribution < -0.4 is 16.4 Å². The van der Waals surface area contributed by atoms with Gasteiger partial charge in [0.05, 0.1) is 23.0 Å². The van der Waals surface area contributed by atoms with Crippen LogP contribution in [0.1, 0.15) is 6.42 Å². The summed E-state index contributed by atoms with van der Waals surface area (Å²) in [7, 11) is 0. The molecule has 2 aromatic heterocycles. The minimum atomic E-state index is -0.371. The van der Waals surface area contributed by atoms with E-state index in [0.717, 1.165) is 4.68 Å². The Labute approximate surface area is 157 Å². The van der Waals surface area contributed by atoms with Crippen LogP contribution >= 0.6 is 0 Å². The van der Waals surface area contributed by atoms with Crippen LogP contribution in [0.2, 0.25) is 0 Å². The summed E-state index contributed by atoms with van der Waals surface area (Å²) in [5.41, 5.74) is 0.545. The second kappa shape index (κ2) is 7.27. The molecular weight excluding hydrogens is 362 g/mol. The van der Waals surface area contributed by atoms with Crippen LogP contribution in [0, 0.1) is 0 Å². The Bertz CT molecular complexity index is 1260. The lowest BCUT2D eigenvalue weighted by atomic mass is 10.2. The molecule has 140 valence electrons. The second-order valence-corrected chi connectivity index (χ2v) is 6.05. The highest BCUT2D eigenvalue weighted by Gasteiger charge is 2.09. The van der Waals surface area contributed by atoms with Gasteiger partial charge in [-0.15, -0.1) is 5.10 Å². The van der Waals surface area contributed by atoms with E-state index in [1.807, 2.05) is 0 Å². The third kappa shape index (κ3) is 3.43. The molecule has 4 rings (SSSR count). The Morgan fingerprint density at radius 1 is 1.07 bits per heavy atom. The first-order chi connectivity index (χ1) is 13.6. The Kier molecular flexibility index (Phi) is 4.50. The highest BCUT2D eigenvalue weighted by Crippen LogP contribution is 2.13. The lowest BCUT2D eigenvalue weighted by Gasteiger charge is -2.09. The molecule has 0 fully saturated rings. The maximum Gasteiger partial charge on any atom is 0.273 e. The van der Waals surface area contributed by atoms with Crippen molar-refractivity contribution in [2.45, 2.75) is 13.0 Å². The minimum absolute atomic E-state index is 0.0172.